The lowest BCUT2D eigenvalue weighted by Crippen LogP contribution is -2.37. The highest BCUT2D eigenvalue weighted by atomic mass is 16.4. The van der Waals surface area contributed by atoms with E-state index in [1.807, 2.05) is 12.1 Å². The van der Waals surface area contributed by atoms with E-state index in [-0.39, 0.29) is 11.5 Å². The normalized spacial score (nSPS) is 35.6. The Hall–Kier alpha value is -1.77. The zero-order chi connectivity index (χ0) is 18.0. The third-order valence-electron chi connectivity index (χ3n) is 7.85. The van der Waals surface area contributed by atoms with E-state index in [1.165, 1.54) is 19.3 Å². The molecule has 1 spiro atoms. The number of carbonyl (C=O) groups is 1. The van der Waals surface area contributed by atoms with Crippen molar-refractivity contribution in [2.24, 2.45) is 22.7 Å². The number of benzene rings is 1. The molecule has 3 nitrogen and oxygen atoms in total. The molecule has 0 saturated heterocycles. The van der Waals surface area contributed by atoms with Crippen LogP contribution in [0.4, 0.5) is 5.69 Å². The highest BCUT2D eigenvalue weighted by Gasteiger charge is 2.59. The second-order valence-electron chi connectivity index (χ2n) is 9.04. The zero-order valence-electron chi connectivity index (χ0n) is 15.7. The number of allylic oxidation sites excluding steroid dienone is 1. The maximum absolute atomic E-state index is 11.6. The van der Waals surface area contributed by atoms with Gasteiger partial charge in [-0.1, -0.05) is 38.5 Å². The van der Waals surface area contributed by atoms with Crippen LogP contribution >= 0.6 is 0 Å². The molecule has 3 aliphatic rings. The molecule has 0 aliphatic heterocycles. The van der Waals surface area contributed by atoms with Crippen molar-refractivity contribution >= 4 is 11.7 Å². The molecular weight excluding hydrogens is 310 g/mol. The number of rotatable bonds is 3. The Morgan fingerprint density at radius 1 is 1.28 bits per heavy atom. The van der Waals surface area contributed by atoms with Crippen LogP contribution in [0.5, 0.6) is 0 Å². The summed E-state index contributed by atoms with van der Waals surface area (Å²) in [7, 11) is 0. The Morgan fingerprint density at radius 2 is 2.00 bits per heavy atom. The van der Waals surface area contributed by atoms with Gasteiger partial charge in [-0.2, -0.15) is 0 Å². The van der Waals surface area contributed by atoms with Gasteiger partial charge in [-0.05, 0) is 73.0 Å². The minimum atomic E-state index is -0.862. The highest BCUT2D eigenvalue weighted by Crippen LogP contribution is 2.68. The average molecular weight is 339 g/mol. The van der Waals surface area contributed by atoms with Crippen LogP contribution in [0, 0.1) is 22.7 Å². The van der Waals surface area contributed by atoms with Gasteiger partial charge in [0.05, 0.1) is 5.56 Å². The summed E-state index contributed by atoms with van der Waals surface area (Å²) in [5, 5.41) is 13.1. The van der Waals surface area contributed by atoms with Crippen LogP contribution in [-0.2, 0) is 0 Å². The lowest BCUT2D eigenvalue weighted by atomic mass is 9.60. The Bertz CT molecular complexity index is 763. The molecule has 2 bridgehead atoms. The van der Waals surface area contributed by atoms with Crippen LogP contribution < -0.4 is 5.32 Å². The second-order valence-corrected chi connectivity index (χ2v) is 9.04. The third-order valence-corrected chi connectivity index (χ3v) is 7.85. The summed E-state index contributed by atoms with van der Waals surface area (Å²) in [6.45, 7) is 9.54. The number of anilines is 1. The first kappa shape index (κ1) is 16.7. The number of para-hydroxylation sites is 1. The molecule has 1 aromatic carbocycles. The number of fused-ring (bicyclic) bond motifs is 1. The van der Waals surface area contributed by atoms with E-state index in [4.69, 9.17) is 0 Å². The van der Waals surface area contributed by atoms with Crippen molar-refractivity contribution in [1.82, 2.24) is 0 Å². The van der Waals surface area contributed by atoms with Gasteiger partial charge in [-0.3, -0.25) is 0 Å². The average Bonchev–Trinajstić information content (AvgIpc) is 3.09. The number of hydrogen-bond donors (Lipinski definition) is 2. The number of carboxylic acid groups (broad SMARTS) is 1. The fraction of sp³-hybridized carbons (Fsp3) is 0.591. The van der Waals surface area contributed by atoms with Gasteiger partial charge in [0.15, 0.2) is 0 Å². The smallest absolute Gasteiger partial charge is 0.337 e. The molecule has 2 fully saturated rings. The largest absolute Gasteiger partial charge is 0.478 e. The van der Waals surface area contributed by atoms with Crippen LogP contribution in [0.15, 0.2) is 35.4 Å². The van der Waals surface area contributed by atoms with Gasteiger partial charge in [0, 0.05) is 11.7 Å². The van der Waals surface area contributed by atoms with Crippen molar-refractivity contribution in [3.8, 4) is 0 Å². The standard InChI is InChI=1S/C22H29NO2/c1-13-11-18(23-17-8-6-5-7-16(17)20(24)25)19-14(2)21(3,4)15-9-10-22(13,19)12-15/h5-8,13,15,18,23H,9-12H2,1-4H3,(H,24,25). The van der Waals surface area contributed by atoms with Crippen LogP contribution in [0.2, 0.25) is 0 Å². The third kappa shape index (κ3) is 2.21. The Morgan fingerprint density at radius 3 is 2.72 bits per heavy atom. The minimum absolute atomic E-state index is 0.256. The lowest BCUT2D eigenvalue weighted by Gasteiger charge is -2.45. The molecule has 0 amide bonds. The van der Waals surface area contributed by atoms with E-state index < -0.39 is 5.97 Å². The van der Waals surface area contributed by atoms with E-state index in [0.29, 0.717) is 16.9 Å². The second kappa shape index (κ2) is 5.36. The van der Waals surface area contributed by atoms with Crippen molar-refractivity contribution in [1.29, 1.82) is 0 Å². The summed E-state index contributed by atoms with van der Waals surface area (Å²) in [5.74, 6) is 0.594. The maximum atomic E-state index is 11.6. The van der Waals surface area contributed by atoms with Crippen LogP contribution in [-0.4, -0.2) is 17.1 Å². The molecule has 2 saturated carbocycles. The van der Waals surface area contributed by atoms with E-state index >= 15 is 0 Å². The van der Waals surface area contributed by atoms with Crippen LogP contribution in [0.3, 0.4) is 0 Å². The van der Waals surface area contributed by atoms with Gasteiger partial charge < -0.3 is 10.4 Å². The van der Waals surface area contributed by atoms with Crippen molar-refractivity contribution < 1.29 is 9.90 Å². The molecule has 134 valence electrons. The molecular formula is C22H29NO2. The van der Waals surface area contributed by atoms with Gasteiger partial charge in [0.1, 0.15) is 0 Å². The summed E-state index contributed by atoms with van der Waals surface area (Å²) in [6.07, 6.45) is 5.04. The number of nitrogens with one attached hydrogen (secondary N) is 1. The monoisotopic (exact) mass is 339 g/mol. The van der Waals surface area contributed by atoms with Crippen LogP contribution in [0.1, 0.15) is 63.7 Å². The fourth-order valence-electron chi connectivity index (χ4n) is 6.10. The Kier molecular flexibility index (Phi) is 3.58. The number of carboxylic acids is 1. The quantitative estimate of drug-likeness (QED) is 0.730. The van der Waals surface area contributed by atoms with E-state index in [2.05, 4.69) is 33.0 Å². The summed E-state index contributed by atoms with van der Waals surface area (Å²) >= 11 is 0. The predicted octanol–water partition coefficient (Wildman–Crippen LogP) is 5.35. The van der Waals surface area contributed by atoms with E-state index in [0.717, 1.165) is 18.0 Å². The molecule has 3 heteroatoms. The molecule has 4 unspecified atom stereocenters. The van der Waals surface area contributed by atoms with Gasteiger partial charge in [-0.15, -0.1) is 0 Å². The molecule has 25 heavy (non-hydrogen) atoms. The topological polar surface area (TPSA) is 49.3 Å². The first-order valence-corrected chi connectivity index (χ1v) is 9.58. The summed E-state index contributed by atoms with van der Waals surface area (Å²) < 4.78 is 0. The Labute approximate surface area is 150 Å². The number of aromatic carboxylic acids is 1. The van der Waals surface area contributed by atoms with Crippen molar-refractivity contribution in [2.45, 2.75) is 59.4 Å². The van der Waals surface area contributed by atoms with Crippen molar-refractivity contribution in [2.75, 3.05) is 5.32 Å². The molecule has 2 N–H and O–H groups in total. The maximum Gasteiger partial charge on any atom is 0.337 e. The van der Waals surface area contributed by atoms with E-state index in [1.54, 1.807) is 23.3 Å². The van der Waals surface area contributed by atoms with Crippen LogP contribution in [0.25, 0.3) is 0 Å². The zero-order valence-corrected chi connectivity index (χ0v) is 15.7. The van der Waals surface area contributed by atoms with Gasteiger partial charge >= 0.3 is 5.97 Å². The molecule has 4 rings (SSSR count). The van der Waals surface area contributed by atoms with Crippen molar-refractivity contribution in [3.63, 3.8) is 0 Å². The van der Waals surface area contributed by atoms with Gasteiger partial charge in [-0.25, -0.2) is 4.79 Å². The molecule has 0 aromatic heterocycles. The molecule has 0 radical (unpaired) electrons. The van der Waals surface area contributed by atoms with E-state index in [9.17, 15) is 9.90 Å². The molecule has 0 heterocycles. The highest BCUT2D eigenvalue weighted by molar-refractivity contribution is 5.94. The predicted molar refractivity (Wildman–Crippen MR) is 101 cm³/mol. The lowest BCUT2D eigenvalue weighted by molar-refractivity contribution is 0.0698. The minimum Gasteiger partial charge on any atom is -0.478 e. The van der Waals surface area contributed by atoms with Gasteiger partial charge in [0.2, 0.25) is 0 Å². The van der Waals surface area contributed by atoms with Gasteiger partial charge in [0.25, 0.3) is 0 Å². The first-order chi connectivity index (χ1) is 11.8. The summed E-state index contributed by atoms with van der Waals surface area (Å²) in [4.78, 5) is 11.6. The first-order valence-electron chi connectivity index (χ1n) is 9.58. The molecule has 4 atom stereocenters. The van der Waals surface area contributed by atoms with Crippen molar-refractivity contribution in [3.05, 3.63) is 41.0 Å². The molecule has 1 aromatic rings. The number of hydrogen-bond acceptors (Lipinski definition) is 2. The summed E-state index contributed by atoms with van der Waals surface area (Å²) in [6, 6.07) is 7.56. The fourth-order valence-corrected chi connectivity index (χ4v) is 6.10. The molecule has 3 aliphatic carbocycles. The summed E-state index contributed by atoms with van der Waals surface area (Å²) in [5.41, 5.74) is 4.87. The SMILES string of the molecule is CC1=C2C(Nc3ccccc3C(=O)O)CC(C)C23CCC(C3)C1(C)C. The Balaban J connectivity index is 1.77.